The van der Waals surface area contributed by atoms with Gasteiger partial charge in [0.25, 0.3) is 0 Å². The molecule has 1 aromatic carbocycles. The Kier molecular flexibility index (Phi) is 5.61. The summed E-state index contributed by atoms with van der Waals surface area (Å²) in [5.74, 6) is 0.476. The predicted molar refractivity (Wildman–Crippen MR) is 81.4 cm³/mol. The molecule has 0 aliphatic heterocycles. The molecule has 0 heterocycles. The topological polar surface area (TPSA) is 46.5 Å². The van der Waals surface area contributed by atoms with Gasteiger partial charge in [-0.15, -0.1) is 0 Å². The summed E-state index contributed by atoms with van der Waals surface area (Å²) in [6.45, 7) is 8.15. The molecule has 0 bridgehead atoms. The highest BCUT2D eigenvalue weighted by molar-refractivity contribution is 5.75. The van der Waals surface area contributed by atoms with Gasteiger partial charge in [-0.1, -0.05) is 39.8 Å². The molecule has 3 nitrogen and oxygen atoms in total. The fraction of sp³-hybridized carbons (Fsp3) is 0.588. The van der Waals surface area contributed by atoms with E-state index in [-0.39, 0.29) is 0 Å². The standard InChI is InChI=1S/C17H26O3/c1-6-17(7-2,16(18)19)11-14-10-13(12(3)4)8-9-15(14)20-5/h8-10,12H,6-7,11H2,1-5H3,(H,18,19). The summed E-state index contributed by atoms with van der Waals surface area (Å²) in [5.41, 5.74) is 1.50. The van der Waals surface area contributed by atoms with Gasteiger partial charge in [0.1, 0.15) is 5.75 Å². The van der Waals surface area contributed by atoms with E-state index in [4.69, 9.17) is 4.74 Å². The summed E-state index contributed by atoms with van der Waals surface area (Å²) in [7, 11) is 1.63. The third-order valence-corrected chi connectivity index (χ3v) is 4.31. The molecule has 0 aliphatic carbocycles. The molecule has 0 saturated heterocycles. The molecule has 1 rings (SSSR count). The first-order valence-corrected chi connectivity index (χ1v) is 7.30. The molecule has 20 heavy (non-hydrogen) atoms. The Balaban J connectivity index is 3.23. The number of benzene rings is 1. The van der Waals surface area contributed by atoms with Gasteiger partial charge in [-0.2, -0.15) is 0 Å². The van der Waals surface area contributed by atoms with Crippen molar-refractivity contribution >= 4 is 5.97 Å². The van der Waals surface area contributed by atoms with Crippen molar-refractivity contribution in [1.29, 1.82) is 0 Å². The van der Waals surface area contributed by atoms with Gasteiger partial charge in [0.05, 0.1) is 12.5 Å². The van der Waals surface area contributed by atoms with Crippen molar-refractivity contribution in [2.75, 3.05) is 7.11 Å². The van der Waals surface area contributed by atoms with Crippen LogP contribution in [0.1, 0.15) is 57.6 Å². The van der Waals surface area contributed by atoms with E-state index in [0.29, 0.717) is 25.2 Å². The number of methoxy groups -OCH3 is 1. The van der Waals surface area contributed by atoms with Gasteiger partial charge in [-0.05, 0) is 42.4 Å². The van der Waals surface area contributed by atoms with Crippen molar-refractivity contribution in [3.05, 3.63) is 29.3 Å². The first-order valence-electron chi connectivity index (χ1n) is 7.30. The number of carboxylic acids is 1. The maximum Gasteiger partial charge on any atom is 0.309 e. The fourth-order valence-corrected chi connectivity index (χ4v) is 2.54. The number of hydrogen-bond acceptors (Lipinski definition) is 2. The van der Waals surface area contributed by atoms with Crippen LogP contribution in [0.4, 0.5) is 0 Å². The minimum Gasteiger partial charge on any atom is -0.496 e. The predicted octanol–water partition coefficient (Wildman–Crippen LogP) is 4.25. The Morgan fingerprint density at radius 3 is 2.30 bits per heavy atom. The Morgan fingerprint density at radius 2 is 1.90 bits per heavy atom. The van der Waals surface area contributed by atoms with Crippen LogP contribution in [0.25, 0.3) is 0 Å². The molecule has 0 fully saturated rings. The van der Waals surface area contributed by atoms with Gasteiger partial charge in [0, 0.05) is 0 Å². The van der Waals surface area contributed by atoms with Crippen molar-refractivity contribution in [2.24, 2.45) is 5.41 Å². The Morgan fingerprint density at radius 1 is 1.30 bits per heavy atom. The lowest BCUT2D eigenvalue weighted by atomic mass is 9.76. The number of carbonyl (C=O) groups is 1. The Hall–Kier alpha value is -1.51. The Bertz CT molecular complexity index is 459. The third-order valence-electron chi connectivity index (χ3n) is 4.31. The summed E-state index contributed by atoms with van der Waals surface area (Å²) in [6, 6.07) is 6.09. The van der Waals surface area contributed by atoms with Crippen molar-refractivity contribution in [2.45, 2.75) is 52.9 Å². The van der Waals surface area contributed by atoms with Crippen molar-refractivity contribution in [3.63, 3.8) is 0 Å². The zero-order chi connectivity index (χ0) is 15.3. The monoisotopic (exact) mass is 278 g/mol. The van der Waals surface area contributed by atoms with Crippen LogP contribution in [0.5, 0.6) is 5.75 Å². The van der Waals surface area contributed by atoms with Gasteiger partial charge >= 0.3 is 5.97 Å². The zero-order valence-electron chi connectivity index (χ0n) is 13.2. The molecule has 0 amide bonds. The summed E-state index contributed by atoms with van der Waals surface area (Å²) < 4.78 is 5.40. The van der Waals surface area contributed by atoms with E-state index in [2.05, 4.69) is 19.9 Å². The van der Waals surface area contributed by atoms with Gasteiger partial charge in [-0.3, -0.25) is 4.79 Å². The number of hydrogen-bond donors (Lipinski definition) is 1. The Labute approximate surface area is 122 Å². The minimum absolute atomic E-state index is 0.419. The smallest absolute Gasteiger partial charge is 0.309 e. The van der Waals surface area contributed by atoms with Crippen LogP contribution >= 0.6 is 0 Å². The lowest BCUT2D eigenvalue weighted by molar-refractivity contribution is -0.149. The number of carboxylic acid groups (broad SMARTS) is 1. The molecule has 0 aliphatic rings. The van der Waals surface area contributed by atoms with E-state index in [1.807, 2.05) is 26.0 Å². The minimum atomic E-state index is -0.723. The summed E-state index contributed by atoms with van der Waals surface area (Å²) in [5, 5.41) is 9.59. The van der Waals surface area contributed by atoms with E-state index in [0.717, 1.165) is 11.3 Å². The van der Waals surface area contributed by atoms with Crippen LogP contribution < -0.4 is 4.74 Å². The maximum atomic E-state index is 11.7. The van der Waals surface area contributed by atoms with Crippen molar-refractivity contribution < 1.29 is 14.6 Å². The molecule has 0 saturated carbocycles. The summed E-state index contributed by atoms with van der Waals surface area (Å²) in [6.07, 6.45) is 1.75. The van der Waals surface area contributed by atoms with E-state index in [1.54, 1.807) is 7.11 Å². The fourth-order valence-electron chi connectivity index (χ4n) is 2.54. The van der Waals surface area contributed by atoms with Crippen LogP contribution in [-0.2, 0) is 11.2 Å². The van der Waals surface area contributed by atoms with Gasteiger partial charge < -0.3 is 9.84 Å². The van der Waals surface area contributed by atoms with Crippen LogP contribution in [0, 0.1) is 5.41 Å². The average Bonchev–Trinajstić information content (AvgIpc) is 2.44. The molecular formula is C17H26O3. The molecule has 3 heteroatoms. The van der Waals surface area contributed by atoms with Crippen LogP contribution in [0.3, 0.4) is 0 Å². The van der Waals surface area contributed by atoms with Gasteiger partial charge in [0.2, 0.25) is 0 Å². The highest BCUT2D eigenvalue weighted by Crippen LogP contribution is 2.35. The molecule has 1 aromatic rings. The second kappa shape index (κ2) is 6.78. The van der Waals surface area contributed by atoms with Crippen LogP contribution in [0.15, 0.2) is 18.2 Å². The first-order chi connectivity index (χ1) is 9.40. The molecule has 112 valence electrons. The highest BCUT2D eigenvalue weighted by atomic mass is 16.5. The average molecular weight is 278 g/mol. The SMILES string of the molecule is CCC(CC)(Cc1cc(C(C)C)ccc1OC)C(=O)O. The molecule has 0 radical (unpaired) electrons. The van der Waals surface area contributed by atoms with E-state index in [1.165, 1.54) is 5.56 Å². The number of rotatable bonds is 7. The maximum absolute atomic E-state index is 11.7. The lowest BCUT2D eigenvalue weighted by Crippen LogP contribution is -2.32. The van der Waals surface area contributed by atoms with Gasteiger partial charge in [-0.25, -0.2) is 0 Å². The van der Waals surface area contributed by atoms with E-state index in [9.17, 15) is 9.90 Å². The van der Waals surface area contributed by atoms with Crippen molar-refractivity contribution in [1.82, 2.24) is 0 Å². The van der Waals surface area contributed by atoms with Crippen molar-refractivity contribution in [3.8, 4) is 5.75 Å². The molecule has 0 atom stereocenters. The molecule has 0 spiro atoms. The second-order valence-corrected chi connectivity index (χ2v) is 5.70. The lowest BCUT2D eigenvalue weighted by Gasteiger charge is -2.28. The number of aliphatic carboxylic acids is 1. The normalized spacial score (nSPS) is 11.7. The molecular weight excluding hydrogens is 252 g/mol. The van der Waals surface area contributed by atoms with Gasteiger partial charge in [0.15, 0.2) is 0 Å². The first kappa shape index (κ1) is 16.5. The summed E-state index contributed by atoms with van der Waals surface area (Å²) in [4.78, 5) is 11.7. The highest BCUT2D eigenvalue weighted by Gasteiger charge is 2.35. The van der Waals surface area contributed by atoms with Crippen LogP contribution in [0.2, 0.25) is 0 Å². The molecule has 0 unspecified atom stereocenters. The molecule has 0 aromatic heterocycles. The second-order valence-electron chi connectivity index (χ2n) is 5.70. The largest absolute Gasteiger partial charge is 0.496 e. The zero-order valence-corrected chi connectivity index (χ0v) is 13.2. The molecule has 1 N–H and O–H groups in total. The van der Waals surface area contributed by atoms with E-state index < -0.39 is 11.4 Å². The summed E-state index contributed by atoms with van der Waals surface area (Å²) >= 11 is 0. The van der Waals surface area contributed by atoms with Crippen LogP contribution in [-0.4, -0.2) is 18.2 Å². The van der Waals surface area contributed by atoms with E-state index >= 15 is 0 Å². The third kappa shape index (κ3) is 3.33. The quantitative estimate of drug-likeness (QED) is 0.811. The number of ether oxygens (including phenoxy) is 1.